The SMILES string of the molecule is CC(C)c1ccc2c(N(c3ccccc3)c3ccccc3)cc3c(C(C)C)c4c(c5c(N(c6ccccc6)c6ccc7sc8ccccc8c7c6)cc1c2c35)C4. The van der Waals surface area contributed by atoms with Crippen molar-refractivity contribution in [1.82, 2.24) is 0 Å². The summed E-state index contributed by atoms with van der Waals surface area (Å²) in [5, 5.41) is 10.8. The number of hydrogen-bond acceptors (Lipinski definition) is 3. The normalized spacial score (nSPS) is 12.5. The molecule has 0 atom stereocenters. The van der Waals surface area contributed by atoms with Gasteiger partial charge in [-0.15, -0.1) is 11.3 Å². The molecule has 10 aromatic rings. The average molecular weight is 739 g/mol. The fourth-order valence-electron chi connectivity index (χ4n) is 9.57. The first kappa shape index (κ1) is 33.2. The van der Waals surface area contributed by atoms with Crippen molar-refractivity contribution < 1.29 is 0 Å². The number of nitrogens with zero attached hydrogens (tertiary/aromatic N) is 2. The van der Waals surface area contributed by atoms with Gasteiger partial charge >= 0.3 is 0 Å². The zero-order valence-corrected chi connectivity index (χ0v) is 33.0. The molecule has 0 radical (unpaired) electrons. The summed E-state index contributed by atoms with van der Waals surface area (Å²) in [6, 6.07) is 58.7. The fraction of sp³-hybridized carbons (Fsp3) is 0.132. The highest BCUT2D eigenvalue weighted by atomic mass is 32.1. The largest absolute Gasteiger partial charge is 0.310 e. The summed E-state index contributed by atoms with van der Waals surface area (Å²) < 4.78 is 2.65. The molecule has 1 aromatic heterocycles. The lowest BCUT2D eigenvalue weighted by Gasteiger charge is -2.32. The topological polar surface area (TPSA) is 6.48 Å². The Balaban J connectivity index is 1.29. The molecule has 270 valence electrons. The summed E-state index contributed by atoms with van der Waals surface area (Å²) in [6.45, 7) is 9.46. The molecule has 56 heavy (non-hydrogen) atoms. The van der Waals surface area contributed by atoms with Gasteiger partial charge in [0.1, 0.15) is 0 Å². The van der Waals surface area contributed by atoms with Crippen molar-refractivity contribution in [3.8, 4) is 0 Å². The maximum absolute atomic E-state index is 2.55. The second-order valence-corrected chi connectivity index (χ2v) is 17.1. The Morgan fingerprint density at radius 2 is 1.00 bits per heavy atom. The molecule has 1 aliphatic carbocycles. The van der Waals surface area contributed by atoms with E-state index < -0.39 is 0 Å². The van der Waals surface area contributed by atoms with Crippen molar-refractivity contribution >= 4 is 98.0 Å². The minimum atomic E-state index is 0.346. The molecule has 0 aliphatic heterocycles. The molecule has 9 aromatic carbocycles. The van der Waals surface area contributed by atoms with Crippen LogP contribution in [0.15, 0.2) is 158 Å². The Labute approximate surface area is 332 Å². The van der Waals surface area contributed by atoms with Crippen LogP contribution in [0.5, 0.6) is 0 Å². The molecule has 1 aliphatic rings. The summed E-state index contributed by atoms with van der Waals surface area (Å²) in [4.78, 5) is 5.02. The summed E-state index contributed by atoms with van der Waals surface area (Å²) in [7, 11) is 0. The van der Waals surface area contributed by atoms with Crippen molar-refractivity contribution in [2.24, 2.45) is 0 Å². The van der Waals surface area contributed by atoms with E-state index in [1.165, 1.54) is 97.5 Å². The van der Waals surface area contributed by atoms with E-state index in [0.717, 1.165) is 17.8 Å². The maximum Gasteiger partial charge on any atom is 0.0549 e. The molecule has 0 N–H and O–H groups in total. The van der Waals surface area contributed by atoms with Gasteiger partial charge in [0.25, 0.3) is 0 Å². The number of para-hydroxylation sites is 3. The van der Waals surface area contributed by atoms with Crippen molar-refractivity contribution in [3.63, 3.8) is 0 Å². The van der Waals surface area contributed by atoms with Crippen LogP contribution >= 0.6 is 11.3 Å². The summed E-state index contributed by atoms with van der Waals surface area (Å²) in [5.74, 6) is 0.733. The number of rotatable bonds is 8. The molecule has 0 saturated heterocycles. The number of hydrogen-bond donors (Lipinski definition) is 0. The van der Waals surface area contributed by atoms with E-state index in [9.17, 15) is 0 Å². The zero-order valence-electron chi connectivity index (χ0n) is 32.2. The van der Waals surface area contributed by atoms with E-state index in [1.807, 2.05) is 11.3 Å². The molecule has 0 unspecified atom stereocenters. The second-order valence-electron chi connectivity index (χ2n) is 16.0. The van der Waals surface area contributed by atoms with Gasteiger partial charge in [0, 0.05) is 59.1 Å². The molecule has 2 nitrogen and oxygen atoms in total. The van der Waals surface area contributed by atoms with Crippen LogP contribution in [0.3, 0.4) is 0 Å². The predicted molar refractivity (Wildman–Crippen MR) is 243 cm³/mol. The van der Waals surface area contributed by atoms with E-state index >= 15 is 0 Å². The molecule has 1 heterocycles. The van der Waals surface area contributed by atoms with E-state index in [1.54, 1.807) is 0 Å². The number of benzene rings is 9. The van der Waals surface area contributed by atoms with Gasteiger partial charge in [0.15, 0.2) is 0 Å². The van der Waals surface area contributed by atoms with Gasteiger partial charge in [0.05, 0.1) is 11.4 Å². The van der Waals surface area contributed by atoms with Gasteiger partial charge in [-0.3, -0.25) is 0 Å². The molecule has 0 saturated carbocycles. The second kappa shape index (κ2) is 12.7. The van der Waals surface area contributed by atoms with E-state index in [0.29, 0.717) is 11.8 Å². The first-order chi connectivity index (χ1) is 27.5. The smallest absolute Gasteiger partial charge is 0.0549 e. The Bertz CT molecular complexity index is 3070. The molecule has 0 spiro atoms. The van der Waals surface area contributed by atoms with E-state index in [2.05, 4.69) is 195 Å². The zero-order chi connectivity index (χ0) is 37.7. The Morgan fingerprint density at radius 1 is 0.411 bits per heavy atom. The van der Waals surface area contributed by atoms with Crippen molar-refractivity contribution in [3.05, 3.63) is 180 Å². The molecule has 11 rings (SSSR count). The minimum absolute atomic E-state index is 0.346. The highest BCUT2D eigenvalue weighted by molar-refractivity contribution is 7.25. The molecule has 0 amide bonds. The fourth-order valence-corrected chi connectivity index (χ4v) is 10.7. The third-order valence-corrected chi connectivity index (χ3v) is 13.1. The number of anilines is 6. The molecule has 0 fully saturated rings. The molecule has 3 heteroatoms. The van der Waals surface area contributed by atoms with Crippen molar-refractivity contribution in [1.29, 1.82) is 0 Å². The summed E-state index contributed by atoms with van der Waals surface area (Å²) >= 11 is 1.88. The van der Waals surface area contributed by atoms with Crippen molar-refractivity contribution in [2.75, 3.05) is 9.80 Å². The lowest BCUT2D eigenvalue weighted by Crippen LogP contribution is -2.13. The minimum Gasteiger partial charge on any atom is -0.310 e. The summed E-state index contributed by atoms with van der Waals surface area (Å²) in [6.07, 6.45) is 1.03. The van der Waals surface area contributed by atoms with Crippen LogP contribution < -0.4 is 9.80 Å². The first-order valence-electron chi connectivity index (χ1n) is 20.0. The molecular formula is C53H42N2S. The first-order valence-corrected chi connectivity index (χ1v) is 20.8. The third kappa shape index (κ3) is 5.00. The summed E-state index contributed by atoms with van der Waals surface area (Å²) in [5.41, 5.74) is 13.1. The predicted octanol–water partition coefficient (Wildman–Crippen LogP) is 16.0. The van der Waals surface area contributed by atoms with Crippen LogP contribution in [0.2, 0.25) is 0 Å². The van der Waals surface area contributed by atoms with Crippen LogP contribution in [0.25, 0.3) is 52.5 Å². The van der Waals surface area contributed by atoms with Gasteiger partial charge in [-0.2, -0.15) is 0 Å². The third-order valence-electron chi connectivity index (χ3n) is 12.0. The van der Waals surface area contributed by atoms with Gasteiger partial charge in [-0.05, 0) is 129 Å². The highest BCUT2D eigenvalue weighted by Crippen LogP contribution is 2.57. The van der Waals surface area contributed by atoms with Gasteiger partial charge in [0.2, 0.25) is 0 Å². The monoisotopic (exact) mass is 738 g/mol. The Morgan fingerprint density at radius 3 is 1.64 bits per heavy atom. The number of thiophene rings is 1. The molecular weight excluding hydrogens is 697 g/mol. The van der Waals surface area contributed by atoms with E-state index in [-0.39, 0.29) is 0 Å². The Hall–Kier alpha value is -6.16. The maximum atomic E-state index is 2.55. The van der Waals surface area contributed by atoms with E-state index in [4.69, 9.17) is 0 Å². The lowest BCUT2D eigenvalue weighted by molar-refractivity contribution is 0.874. The quantitative estimate of drug-likeness (QED) is 0.143. The van der Waals surface area contributed by atoms with Crippen LogP contribution in [0.4, 0.5) is 34.1 Å². The highest BCUT2D eigenvalue weighted by Gasteiger charge is 2.34. The lowest BCUT2D eigenvalue weighted by atomic mass is 9.84. The molecule has 0 bridgehead atoms. The van der Waals surface area contributed by atoms with Crippen molar-refractivity contribution in [2.45, 2.75) is 46.0 Å². The van der Waals surface area contributed by atoms with Crippen LogP contribution in [-0.4, -0.2) is 0 Å². The number of fused-ring (bicyclic) bond motifs is 5. The van der Waals surface area contributed by atoms with Gasteiger partial charge < -0.3 is 9.80 Å². The van der Waals surface area contributed by atoms with Crippen LogP contribution in [-0.2, 0) is 6.42 Å². The average Bonchev–Trinajstić information content (AvgIpc) is 3.93. The van der Waals surface area contributed by atoms with Gasteiger partial charge in [-0.25, -0.2) is 0 Å². The standard InChI is InChI=1S/C53H42N2S/c1-32(2)38-25-26-40-46(54(34-16-8-5-9-17-34)35-18-10-6-11-19-35)31-45-50(33(3)4)42-29-43(42)52-47(30-44(38)51(40)53(45)52)55(36-20-12-7-13-21-36)37-24-27-49-41(28-37)39-22-14-15-23-48(39)56-49/h5-28,30-33H,29H2,1-4H3. The van der Waals surface area contributed by atoms with Crippen LogP contribution in [0, 0.1) is 0 Å². The van der Waals surface area contributed by atoms with Crippen LogP contribution in [0.1, 0.15) is 61.8 Å². The Kier molecular flexibility index (Phi) is 7.53. The van der Waals surface area contributed by atoms with Gasteiger partial charge in [-0.1, -0.05) is 113 Å².